The SMILES string of the molecule is CCOC(=O)c1c([N+](=O)[O-])c2sccc2n1C. The predicted octanol–water partition coefficient (Wildman–Crippen LogP) is 2.32. The molecule has 0 saturated heterocycles. The molecule has 0 atom stereocenters. The molecule has 0 N–H and O–H groups in total. The summed E-state index contributed by atoms with van der Waals surface area (Å²) in [6, 6.07) is 1.75. The van der Waals surface area contributed by atoms with E-state index in [4.69, 9.17) is 4.74 Å². The van der Waals surface area contributed by atoms with Gasteiger partial charge in [0.2, 0.25) is 5.69 Å². The van der Waals surface area contributed by atoms with Crippen LogP contribution in [0.2, 0.25) is 0 Å². The number of carbonyl (C=O) groups is 1. The van der Waals surface area contributed by atoms with E-state index in [1.165, 1.54) is 15.9 Å². The normalized spacial score (nSPS) is 10.7. The third kappa shape index (κ3) is 1.68. The number of rotatable bonds is 3. The Balaban J connectivity index is 2.72. The third-order valence-corrected chi connectivity index (χ3v) is 3.34. The quantitative estimate of drug-likeness (QED) is 0.478. The number of thiophene rings is 1. The van der Waals surface area contributed by atoms with E-state index in [-0.39, 0.29) is 18.0 Å². The van der Waals surface area contributed by atoms with Gasteiger partial charge in [0.05, 0.1) is 17.0 Å². The van der Waals surface area contributed by atoms with E-state index in [1.54, 1.807) is 25.4 Å². The molecule has 17 heavy (non-hydrogen) atoms. The number of nitrogens with zero attached hydrogens (tertiary/aromatic N) is 2. The molecule has 7 heteroatoms. The van der Waals surface area contributed by atoms with Gasteiger partial charge in [-0.1, -0.05) is 0 Å². The largest absolute Gasteiger partial charge is 0.461 e. The topological polar surface area (TPSA) is 74.4 Å². The molecule has 0 aromatic carbocycles. The highest BCUT2D eigenvalue weighted by Crippen LogP contribution is 2.36. The van der Waals surface area contributed by atoms with Crippen molar-refractivity contribution in [3.63, 3.8) is 0 Å². The van der Waals surface area contributed by atoms with Crippen LogP contribution in [-0.4, -0.2) is 22.1 Å². The van der Waals surface area contributed by atoms with Crippen molar-refractivity contribution in [3.05, 3.63) is 27.3 Å². The lowest BCUT2D eigenvalue weighted by Crippen LogP contribution is -2.11. The van der Waals surface area contributed by atoms with E-state index < -0.39 is 10.9 Å². The van der Waals surface area contributed by atoms with Gasteiger partial charge >= 0.3 is 11.7 Å². The lowest BCUT2D eigenvalue weighted by atomic mass is 10.3. The van der Waals surface area contributed by atoms with Crippen molar-refractivity contribution < 1.29 is 14.5 Å². The maximum Gasteiger partial charge on any atom is 0.362 e. The fourth-order valence-corrected chi connectivity index (χ4v) is 2.67. The molecular weight excluding hydrogens is 244 g/mol. The molecule has 0 amide bonds. The first-order chi connectivity index (χ1) is 8.07. The van der Waals surface area contributed by atoms with Crippen LogP contribution in [0.4, 0.5) is 5.69 Å². The summed E-state index contributed by atoms with van der Waals surface area (Å²) in [5.74, 6) is -0.662. The first kappa shape index (κ1) is 11.6. The van der Waals surface area contributed by atoms with Crippen molar-refractivity contribution in [1.29, 1.82) is 0 Å². The Morgan fingerprint density at radius 3 is 2.94 bits per heavy atom. The standard InChI is InChI=1S/C10H10N2O4S/c1-3-16-10(13)8-7(12(14)15)9-6(11(8)2)4-5-17-9/h4-5H,3H2,1-2H3. The smallest absolute Gasteiger partial charge is 0.362 e. The summed E-state index contributed by atoms with van der Waals surface area (Å²) in [5, 5.41) is 12.8. The number of carbonyl (C=O) groups excluding carboxylic acids is 1. The summed E-state index contributed by atoms with van der Waals surface area (Å²) in [5.41, 5.74) is 0.499. The highest BCUT2D eigenvalue weighted by atomic mass is 32.1. The van der Waals surface area contributed by atoms with Gasteiger partial charge in [-0.15, -0.1) is 11.3 Å². The number of aromatic nitrogens is 1. The maximum absolute atomic E-state index is 11.7. The van der Waals surface area contributed by atoms with Crippen LogP contribution in [0.25, 0.3) is 10.2 Å². The van der Waals surface area contributed by atoms with Crippen LogP contribution in [0.15, 0.2) is 11.4 Å². The monoisotopic (exact) mass is 254 g/mol. The summed E-state index contributed by atoms with van der Waals surface area (Å²) >= 11 is 1.24. The van der Waals surface area contributed by atoms with Gasteiger partial charge in [0.15, 0.2) is 0 Å². The van der Waals surface area contributed by atoms with Gasteiger partial charge in [-0.2, -0.15) is 0 Å². The van der Waals surface area contributed by atoms with Gasteiger partial charge < -0.3 is 9.30 Å². The van der Waals surface area contributed by atoms with Crippen LogP contribution in [-0.2, 0) is 11.8 Å². The maximum atomic E-state index is 11.7. The third-order valence-electron chi connectivity index (χ3n) is 2.43. The molecule has 2 rings (SSSR count). The van der Waals surface area contributed by atoms with E-state index in [9.17, 15) is 14.9 Å². The molecule has 0 radical (unpaired) electrons. The van der Waals surface area contributed by atoms with Gasteiger partial charge in [-0.05, 0) is 18.4 Å². The van der Waals surface area contributed by atoms with Crippen LogP contribution in [0.1, 0.15) is 17.4 Å². The Morgan fingerprint density at radius 1 is 1.65 bits per heavy atom. The molecule has 90 valence electrons. The van der Waals surface area contributed by atoms with E-state index in [2.05, 4.69) is 0 Å². The van der Waals surface area contributed by atoms with Crippen molar-refractivity contribution in [2.24, 2.45) is 7.05 Å². The van der Waals surface area contributed by atoms with Crippen LogP contribution in [0.5, 0.6) is 0 Å². The van der Waals surface area contributed by atoms with E-state index in [0.717, 1.165) is 0 Å². The Labute approximate surface area is 101 Å². The minimum Gasteiger partial charge on any atom is -0.461 e. The summed E-state index contributed by atoms with van der Waals surface area (Å²) in [6.45, 7) is 1.85. The van der Waals surface area contributed by atoms with E-state index >= 15 is 0 Å². The molecule has 0 aliphatic heterocycles. The number of fused-ring (bicyclic) bond motifs is 1. The fourth-order valence-electron chi connectivity index (χ4n) is 1.73. The molecule has 6 nitrogen and oxygen atoms in total. The van der Waals surface area contributed by atoms with Crippen molar-refractivity contribution in [1.82, 2.24) is 4.57 Å². The summed E-state index contributed by atoms with van der Waals surface area (Å²) in [7, 11) is 1.62. The van der Waals surface area contributed by atoms with Crippen LogP contribution in [0, 0.1) is 10.1 Å². The Hall–Kier alpha value is -1.89. The first-order valence-electron chi connectivity index (χ1n) is 4.95. The lowest BCUT2D eigenvalue weighted by molar-refractivity contribution is -0.383. The number of ether oxygens (including phenoxy) is 1. The Bertz CT molecular complexity index is 599. The summed E-state index contributed by atoms with van der Waals surface area (Å²) in [6.07, 6.45) is 0. The molecule has 0 unspecified atom stereocenters. The fraction of sp³-hybridized carbons (Fsp3) is 0.300. The molecule has 2 heterocycles. The van der Waals surface area contributed by atoms with Crippen LogP contribution >= 0.6 is 11.3 Å². The number of hydrogen-bond donors (Lipinski definition) is 0. The average Bonchev–Trinajstić information content (AvgIpc) is 2.80. The predicted molar refractivity (Wildman–Crippen MR) is 63.4 cm³/mol. The number of nitro groups is 1. The molecule has 2 aromatic heterocycles. The number of esters is 1. The highest BCUT2D eigenvalue weighted by Gasteiger charge is 2.31. The molecule has 2 aromatic rings. The second-order valence-electron chi connectivity index (χ2n) is 3.37. The van der Waals surface area contributed by atoms with Crippen molar-refractivity contribution in [2.45, 2.75) is 6.92 Å². The van der Waals surface area contributed by atoms with Gasteiger partial charge in [0.1, 0.15) is 4.70 Å². The minimum atomic E-state index is -0.662. The van der Waals surface area contributed by atoms with E-state index in [1.807, 2.05) is 0 Å². The Kier molecular flexibility index (Phi) is 2.84. The summed E-state index contributed by atoms with van der Waals surface area (Å²) < 4.78 is 6.84. The molecule has 0 fully saturated rings. The van der Waals surface area contributed by atoms with Gasteiger partial charge in [0.25, 0.3) is 0 Å². The molecule has 0 aliphatic carbocycles. The zero-order chi connectivity index (χ0) is 12.6. The second kappa shape index (κ2) is 4.17. The molecule has 0 spiro atoms. The number of aryl methyl sites for hydroxylation is 1. The lowest BCUT2D eigenvalue weighted by Gasteiger charge is -2.02. The van der Waals surface area contributed by atoms with Crippen LogP contribution in [0.3, 0.4) is 0 Å². The zero-order valence-corrected chi connectivity index (χ0v) is 10.1. The molecule has 0 saturated carbocycles. The van der Waals surface area contributed by atoms with Gasteiger partial charge in [-0.25, -0.2) is 4.79 Å². The highest BCUT2D eigenvalue weighted by molar-refractivity contribution is 7.17. The van der Waals surface area contributed by atoms with Crippen molar-refractivity contribution in [3.8, 4) is 0 Å². The Morgan fingerprint density at radius 2 is 2.35 bits per heavy atom. The number of hydrogen-bond acceptors (Lipinski definition) is 5. The van der Waals surface area contributed by atoms with Gasteiger partial charge in [0, 0.05) is 7.05 Å². The zero-order valence-electron chi connectivity index (χ0n) is 9.30. The van der Waals surface area contributed by atoms with Gasteiger partial charge in [-0.3, -0.25) is 10.1 Å². The minimum absolute atomic E-state index is 0.00120. The van der Waals surface area contributed by atoms with E-state index in [0.29, 0.717) is 10.2 Å². The van der Waals surface area contributed by atoms with Crippen molar-refractivity contribution in [2.75, 3.05) is 6.61 Å². The first-order valence-corrected chi connectivity index (χ1v) is 5.83. The molecule has 0 aliphatic rings. The second-order valence-corrected chi connectivity index (χ2v) is 4.28. The average molecular weight is 254 g/mol. The van der Waals surface area contributed by atoms with Crippen LogP contribution < -0.4 is 0 Å². The molecule has 0 bridgehead atoms. The summed E-state index contributed by atoms with van der Waals surface area (Å²) in [4.78, 5) is 22.2. The molecular formula is C10H10N2O4S. The van der Waals surface area contributed by atoms with Crippen molar-refractivity contribution >= 4 is 33.2 Å².